The van der Waals surface area contributed by atoms with Gasteiger partial charge in [-0.25, -0.2) is 9.78 Å². The number of carbonyl (C=O) groups is 1. The van der Waals surface area contributed by atoms with Crippen LogP contribution in [0.1, 0.15) is 17.2 Å². The normalized spacial score (nSPS) is 24.4. The fourth-order valence-electron chi connectivity index (χ4n) is 3.87. The number of benzene rings is 1. The molecule has 5 rings (SSSR count). The third-order valence-corrected chi connectivity index (χ3v) is 5.34. The van der Waals surface area contributed by atoms with Crippen LogP contribution < -0.4 is 9.47 Å². The van der Waals surface area contributed by atoms with Gasteiger partial charge in [-0.1, -0.05) is 24.3 Å². The molecule has 7 nitrogen and oxygen atoms in total. The molecule has 3 aliphatic heterocycles. The second-order valence-corrected chi connectivity index (χ2v) is 7.13. The van der Waals surface area contributed by atoms with Crippen molar-refractivity contribution in [2.75, 3.05) is 32.8 Å². The van der Waals surface area contributed by atoms with Gasteiger partial charge in [0.05, 0.1) is 6.04 Å². The molecular weight excluding hydrogens is 346 g/mol. The number of pyridine rings is 1. The maximum Gasteiger partial charge on any atom is 0.410 e. The van der Waals surface area contributed by atoms with Crippen molar-refractivity contribution in [3.63, 3.8) is 0 Å². The summed E-state index contributed by atoms with van der Waals surface area (Å²) in [5.74, 6) is 1.24. The van der Waals surface area contributed by atoms with Crippen LogP contribution in [0.15, 0.2) is 42.6 Å². The van der Waals surface area contributed by atoms with E-state index in [-0.39, 0.29) is 18.2 Å². The number of rotatable bonds is 3. The smallest absolute Gasteiger partial charge is 0.410 e. The molecule has 2 aromatic rings. The third kappa shape index (κ3) is 3.19. The molecule has 0 saturated carbocycles. The first-order valence-electron chi connectivity index (χ1n) is 9.25. The highest BCUT2D eigenvalue weighted by molar-refractivity contribution is 5.70. The van der Waals surface area contributed by atoms with E-state index in [1.807, 2.05) is 17.0 Å². The minimum Gasteiger partial charge on any atom is -0.476 e. The van der Waals surface area contributed by atoms with E-state index in [0.29, 0.717) is 24.8 Å². The lowest BCUT2D eigenvalue weighted by Crippen LogP contribution is -2.51. The lowest BCUT2D eigenvalue weighted by Gasteiger charge is -2.35. The minimum atomic E-state index is -0.171. The number of nitrogens with zero attached hydrogens (tertiary/aromatic N) is 3. The highest BCUT2D eigenvalue weighted by Crippen LogP contribution is 2.34. The number of cyclic esters (lactones) is 1. The standard InChI is InChI=1S/C20H21N3O4/c24-20-23-9-8-22(11-16(23)12-26-20)10-14-3-5-15(6-4-14)18-13-25-19-17(27-18)2-1-7-21-19/h1-7,16,18H,8-13H2/t16?,18-/m1/s1. The van der Waals surface area contributed by atoms with E-state index >= 15 is 0 Å². The quantitative estimate of drug-likeness (QED) is 0.829. The lowest BCUT2D eigenvalue weighted by atomic mass is 10.1. The van der Waals surface area contributed by atoms with E-state index in [0.717, 1.165) is 31.7 Å². The molecular formula is C20H21N3O4. The van der Waals surface area contributed by atoms with E-state index in [2.05, 4.69) is 34.1 Å². The summed E-state index contributed by atoms with van der Waals surface area (Å²) in [4.78, 5) is 20.0. The molecule has 7 heteroatoms. The van der Waals surface area contributed by atoms with Crippen molar-refractivity contribution in [1.29, 1.82) is 0 Å². The number of piperazine rings is 1. The van der Waals surface area contributed by atoms with Gasteiger partial charge in [-0.2, -0.15) is 0 Å². The van der Waals surface area contributed by atoms with Gasteiger partial charge in [-0.3, -0.25) is 9.80 Å². The van der Waals surface area contributed by atoms with Crippen LogP contribution in [0.25, 0.3) is 0 Å². The van der Waals surface area contributed by atoms with Gasteiger partial charge in [0.2, 0.25) is 0 Å². The van der Waals surface area contributed by atoms with E-state index in [1.54, 1.807) is 6.20 Å². The van der Waals surface area contributed by atoms with Crippen LogP contribution in [-0.4, -0.2) is 59.8 Å². The van der Waals surface area contributed by atoms with Crippen LogP contribution in [0.2, 0.25) is 0 Å². The van der Waals surface area contributed by atoms with Crippen LogP contribution in [0.3, 0.4) is 0 Å². The molecule has 2 atom stereocenters. The van der Waals surface area contributed by atoms with Crippen molar-refractivity contribution in [1.82, 2.24) is 14.8 Å². The predicted octanol–water partition coefficient (Wildman–Crippen LogP) is 2.23. The first-order chi connectivity index (χ1) is 13.3. The summed E-state index contributed by atoms with van der Waals surface area (Å²) in [6, 6.07) is 12.4. The molecule has 0 bridgehead atoms. The Balaban J connectivity index is 1.22. The minimum absolute atomic E-state index is 0.124. The topological polar surface area (TPSA) is 64.1 Å². The lowest BCUT2D eigenvalue weighted by molar-refractivity contribution is 0.0862. The number of ether oxygens (including phenoxy) is 3. The summed E-state index contributed by atoms with van der Waals surface area (Å²) in [7, 11) is 0. The monoisotopic (exact) mass is 367 g/mol. The average molecular weight is 367 g/mol. The fourth-order valence-corrected chi connectivity index (χ4v) is 3.87. The molecule has 0 aliphatic carbocycles. The van der Waals surface area contributed by atoms with Gasteiger partial charge in [0, 0.05) is 32.4 Å². The molecule has 140 valence electrons. The molecule has 1 unspecified atom stereocenters. The van der Waals surface area contributed by atoms with Gasteiger partial charge in [-0.05, 0) is 23.3 Å². The maximum atomic E-state index is 11.6. The number of fused-ring (bicyclic) bond motifs is 2. The summed E-state index contributed by atoms with van der Waals surface area (Å²) >= 11 is 0. The van der Waals surface area contributed by atoms with E-state index in [4.69, 9.17) is 14.2 Å². The van der Waals surface area contributed by atoms with E-state index < -0.39 is 0 Å². The molecule has 2 fully saturated rings. The van der Waals surface area contributed by atoms with Crippen molar-refractivity contribution in [2.45, 2.75) is 18.7 Å². The van der Waals surface area contributed by atoms with Crippen LogP contribution in [-0.2, 0) is 11.3 Å². The Kier molecular flexibility index (Phi) is 4.09. The predicted molar refractivity (Wildman–Crippen MR) is 96.7 cm³/mol. The summed E-state index contributed by atoms with van der Waals surface area (Å²) < 4.78 is 16.9. The van der Waals surface area contributed by atoms with Gasteiger partial charge in [0.1, 0.15) is 13.2 Å². The SMILES string of the molecule is O=C1OCC2CN(Cc3ccc([C@H]4COc5ncccc5O4)cc3)CCN12. The molecule has 0 radical (unpaired) electrons. The fraction of sp³-hybridized carbons (Fsp3) is 0.400. The summed E-state index contributed by atoms with van der Waals surface area (Å²) in [6.07, 6.45) is 1.40. The Hall–Kier alpha value is -2.80. The Morgan fingerprint density at radius 1 is 1.07 bits per heavy atom. The number of carbonyl (C=O) groups excluding carboxylic acids is 1. The van der Waals surface area contributed by atoms with Crippen molar-refractivity contribution >= 4 is 6.09 Å². The van der Waals surface area contributed by atoms with Gasteiger partial charge in [0.25, 0.3) is 5.88 Å². The Morgan fingerprint density at radius 2 is 1.96 bits per heavy atom. The van der Waals surface area contributed by atoms with Crippen LogP contribution in [0.4, 0.5) is 4.79 Å². The van der Waals surface area contributed by atoms with Crippen molar-refractivity contribution in [3.05, 3.63) is 53.7 Å². The van der Waals surface area contributed by atoms with Gasteiger partial charge < -0.3 is 14.2 Å². The zero-order chi connectivity index (χ0) is 18.2. The number of amides is 1. The Bertz CT molecular complexity index is 841. The molecule has 0 N–H and O–H groups in total. The molecule has 4 heterocycles. The molecule has 1 aromatic heterocycles. The Morgan fingerprint density at radius 3 is 2.85 bits per heavy atom. The summed E-state index contributed by atoms with van der Waals surface area (Å²) in [6.45, 7) is 4.30. The number of hydrogen-bond donors (Lipinski definition) is 0. The first-order valence-corrected chi connectivity index (χ1v) is 9.25. The van der Waals surface area contributed by atoms with E-state index in [1.165, 1.54) is 5.56 Å². The largest absolute Gasteiger partial charge is 0.476 e. The summed E-state index contributed by atoms with van der Waals surface area (Å²) in [5.41, 5.74) is 2.34. The van der Waals surface area contributed by atoms with Crippen LogP contribution in [0.5, 0.6) is 11.6 Å². The van der Waals surface area contributed by atoms with Crippen molar-refractivity contribution in [2.24, 2.45) is 0 Å². The molecule has 27 heavy (non-hydrogen) atoms. The second-order valence-electron chi connectivity index (χ2n) is 7.13. The zero-order valence-corrected chi connectivity index (χ0v) is 14.9. The first kappa shape index (κ1) is 16.4. The zero-order valence-electron chi connectivity index (χ0n) is 14.9. The van der Waals surface area contributed by atoms with Gasteiger partial charge in [-0.15, -0.1) is 0 Å². The maximum absolute atomic E-state index is 11.6. The van der Waals surface area contributed by atoms with Crippen LogP contribution in [0, 0.1) is 0 Å². The highest BCUT2D eigenvalue weighted by atomic mass is 16.6. The molecule has 0 spiro atoms. The van der Waals surface area contributed by atoms with Gasteiger partial charge in [0.15, 0.2) is 11.9 Å². The Labute approximate surface area is 157 Å². The number of hydrogen-bond acceptors (Lipinski definition) is 6. The molecule has 3 aliphatic rings. The van der Waals surface area contributed by atoms with E-state index in [9.17, 15) is 4.79 Å². The number of aromatic nitrogens is 1. The molecule has 1 aromatic carbocycles. The third-order valence-electron chi connectivity index (χ3n) is 5.34. The average Bonchev–Trinajstić information content (AvgIpc) is 3.08. The van der Waals surface area contributed by atoms with Crippen molar-refractivity contribution < 1.29 is 19.0 Å². The van der Waals surface area contributed by atoms with Crippen molar-refractivity contribution in [3.8, 4) is 11.6 Å². The highest BCUT2D eigenvalue weighted by Gasteiger charge is 2.37. The molecule has 2 saturated heterocycles. The summed E-state index contributed by atoms with van der Waals surface area (Å²) in [5, 5.41) is 0. The molecule has 1 amide bonds. The van der Waals surface area contributed by atoms with Crippen LogP contribution >= 0.6 is 0 Å². The second kappa shape index (κ2) is 6.74. The van der Waals surface area contributed by atoms with Gasteiger partial charge >= 0.3 is 6.09 Å².